The molecule has 0 bridgehead atoms. The van der Waals surface area contributed by atoms with E-state index in [1.54, 1.807) is 0 Å². The second-order valence-corrected chi connectivity index (χ2v) is 7.71. The maximum absolute atomic E-state index is 10.0. The van der Waals surface area contributed by atoms with E-state index in [0.29, 0.717) is 11.7 Å². The van der Waals surface area contributed by atoms with Gasteiger partial charge >= 0.3 is 0 Å². The van der Waals surface area contributed by atoms with Crippen molar-refractivity contribution >= 4 is 0 Å². The lowest BCUT2D eigenvalue weighted by atomic mass is 9.93. The van der Waals surface area contributed by atoms with Crippen LogP contribution in [0.4, 0.5) is 0 Å². The smallest absolute Gasteiger partial charge is 0.128 e. The Morgan fingerprint density at radius 2 is 1.29 bits per heavy atom. The average Bonchev–Trinajstić information content (AvgIpc) is 2.47. The molecule has 2 nitrogen and oxygen atoms in total. The molecule has 0 atom stereocenters. The zero-order valence-corrected chi connectivity index (χ0v) is 16.2. The van der Waals surface area contributed by atoms with Gasteiger partial charge in [0.2, 0.25) is 0 Å². The van der Waals surface area contributed by atoms with Crippen LogP contribution in [0.1, 0.15) is 67.0 Å². The third kappa shape index (κ3) is 3.58. The predicted octanol–water partition coefficient (Wildman–Crippen LogP) is 6.06. The summed E-state index contributed by atoms with van der Waals surface area (Å²) in [5.41, 5.74) is 6.03. The highest BCUT2D eigenvalue weighted by molar-refractivity contribution is 5.47. The fraction of sp³-hybridized carbons (Fsp3) is 0.455. The van der Waals surface area contributed by atoms with Crippen molar-refractivity contribution in [3.05, 3.63) is 57.6 Å². The average molecular weight is 326 g/mol. The largest absolute Gasteiger partial charge is 0.507 e. The van der Waals surface area contributed by atoms with Crippen LogP contribution in [-0.2, 0) is 5.60 Å². The van der Waals surface area contributed by atoms with Crippen molar-refractivity contribution in [1.82, 2.24) is 0 Å². The van der Waals surface area contributed by atoms with Crippen LogP contribution in [0.3, 0.4) is 0 Å². The minimum absolute atomic E-state index is 0.364. The third-order valence-electron chi connectivity index (χ3n) is 4.69. The molecular weight excluding hydrogens is 296 g/mol. The first-order valence-corrected chi connectivity index (χ1v) is 8.63. The highest BCUT2D eigenvalue weighted by atomic mass is 16.5. The number of hydrogen-bond acceptors (Lipinski definition) is 2. The standard InChI is InChI=1S/C22H30O2/c1-13(2)18-9-16(5)21(17(6)10-18)24-22(7,8)19-11-14(3)20(23)15(4)12-19/h9-13,23H,1-8H3. The van der Waals surface area contributed by atoms with Crippen LogP contribution < -0.4 is 4.74 Å². The fourth-order valence-corrected chi connectivity index (χ4v) is 3.10. The highest BCUT2D eigenvalue weighted by Crippen LogP contribution is 2.36. The quantitative estimate of drug-likeness (QED) is 0.739. The zero-order chi connectivity index (χ0) is 18.2. The van der Waals surface area contributed by atoms with Crippen molar-refractivity contribution in [2.24, 2.45) is 0 Å². The van der Waals surface area contributed by atoms with Gasteiger partial charge < -0.3 is 9.84 Å². The molecule has 2 aromatic carbocycles. The number of phenols is 1. The predicted molar refractivity (Wildman–Crippen MR) is 101 cm³/mol. The molecule has 0 heterocycles. The summed E-state index contributed by atoms with van der Waals surface area (Å²) >= 11 is 0. The number of aryl methyl sites for hydroxylation is 4. The molecule has 0 saturated carbocycles. The third-order valence-corrected chi connectivity index (χ3v) is 4.69. The first-order chi connectivity index (χ1) is 11.0. The first-order valence-electron chi connectivity index (χ1n) is 8.63. The Balaban J connectivity index is 2.43. The lowest BCUT2D eigenvalue weighted by molar-refractivity contribution is 0.106. The van der Waals surface area contributed by atoms with Gasteiger partial charge in [0.15, 0.2) is 0 Å². The van der Waals surface area contributed by atoms with Crippen LogP contribution >= 0.6 is 0 Å². The normalized spacial score (nSPS) is 11.9. The van der Waals surface area contributed by atoms with E-state index in [1.165, 1.54) is 16.7 Å². The summed E-state index contributed by atoms with van der Waals surface area (Å²) in [5, 5.41) is 10.0. The van der Waals surface area contributed by atoms with Gasteiger partial charge in [-0.3, -0.25) is 0 Å². The molecule has 0 amide bonds. The van der Waals surface area contributed by atoms with Crippen LogP contribution in [0.15, 0.2) is 24.3 Å². The van der Waals surface area contributed by atoms with Gasteiger partial charge in [-0.15, -0.1) is 0 Å². The van der Waals surface area contributed by atoms with Crippen molar-refractivity contribution < 1.29 is 9.84 Å². The van der Waals surface area contributed by atoms with Crippen LogP contribution in [0.25, 0.3) is 0 Å². The molecule has 0 unspecified atom stereocenters. The minimum Gasteiger partial charge on any atom is -0.507 e. The number of rotatable bonds is 4. The second-order valence-electron chi connectivity index (χ2n) is 7.71. The van der Waals surface area contributed by atoms with Gasteiger partial charge in [-0.2, -0.15) is 0 Å². The number of benzene rings is 2. The molecule has 2 rings (SSSR count). The number of aromatic hydroxyl groups is 1. The SMILES string of the molecule is Cc1cc(C(C)(C)Oc2c(C)cc(C(C)C)cc2C)cc(C)c1O. The maximum Gasteiger partial charge on any atom is 0.128 e. The van der Waals surface area contributed by atoms with Crippen molar-refractivity contribution in [2.45, 2.75) is 66.9 Å². The molecule has 2 heteroatoms. The monoisotopic (exact) mass is 326 g/mol. The second kappa shape index (κ2) is 6.51. The maximum atomic E-state index is 10.0. The summed E-state index contributed by atoms with van der Waals surface area (Å²) in [6, 6.07) is 8.46. The molecule has 0 fully saturated rings. The summed E-state index contributed by atoms with van der Waals surface area (Å²) in [6.45, 7) is 16.6. The van der Waals surface area contributed by atoms with Gasteiger partial charge in [-0.05, 0) is 93.0 Å². The first kappa shape index (κ1) is 18.4. The van der Waals surface area contributed by atoms with Crippen molar-refractivity contribution in [2.75, 3.05) is 0 Å². The van der Waals surface area contributed by atoms with E-state index in [-0.39, 0.29) is 0 Å². The summed E-state index contributed by atoms with van der Waals surface area (Å²) in [4.78, 5) is 0. The molecule has 0 aliphatic heterocycles. The number of ether oxygens (including phenoxy) is 1. The van der Waals surface area contributed by atoms with E-state index in [2.05, 4.69) is 53.7 Å². The Labute approximate surface area is 146 Å². The van der Waals surface area contributed by atoms with Crippen LogP contribution in [0, 0.1) is 27.7 Å². The van der Waals surface area contributed by atoms with E-state index in [1.807, 2.05) is 26.0 Å². The van der Waals surface area contributed by atoms with Crippen molar-refractivity contribution in [1.29, 1.82) is 0 Å². The summed E-state index contributed by atoms with van der Waals surface area (Å²) < 4.78 is 6.45. The van der Waals surface area contributed by atoms with E-state index in [0.717, 1.165) is 22.4 Å². The van der Waals surface area contributed by atoms with Crippen LogP contribution in [0.2, 0.25) is 0 Å². The van der Waals surface area contributed by atoms with Gasteiger partial charge in [0.05, 0.1) is 0 Å². The minimum atomic E-state index is -0.474. The lowest BCUT2D eigenvalue weighted by Gasteiger charge is -2.30. The molecule has 0 aliphatic rings. The molecule has 24 heavy (non-hydrogen) atoms. The van der Waals surface area contributed by atoms with Gasteiger partial charge in [0.1, 0.15) is 17.1 Å². The summed E-state index contributed by atoms with van der Waals surface area (Å²) in [5.74, 6) is 1.82. The van der Waals surface area contributed by atoms with Crippen molar-refractivity contribution in [3.63, 3.8) is 0 Å². The Bertz CT molecular complexity index is 709. The number of hydrogen-bond donors (Lipinski definition) is 1. The van der Waals surface area contributed by atoms with Crippen molar-refractivity contribution in [3.8, 4) is 11.5 Å². The molecular formula is C22H30O2. The Morgan fingerprint density at radius 3 is 1.71 bits per heavy atom. The van der Waals surface area contributed by atoms with Gasteiger partial charge in [0.25, 0.3) is 0 Å². The molecule has 1 N–H and O–H groups in total. The molecule has 0 radical (unpaired) electrons. The Hall–Kier alpha value is -1.96. The molecule has 0 aliphatic carbocycles. The topological polar surface area (TPSA) is 29.5 Å². The van der Waals surface area contributed by atoms with Gasteiger partial charge in [-0.25, -0.2) is 0 Å². The molecule has 130 valence electrons. The van der Waals surface area contributed by atoms with E-state index in [9.17, 15) is 5.11 Å². The van der Waals surface area contributed by atoms with E-state index in [4.69, 9.17) is 4.74 Å². The van der Waals surface area contributed by atoms with Crippen LogP contribution in [0.5, 0.6) is 11.5 Å². The summed E-state index contributed by atoms with van der Waals surface area (Å²) in [6.07, 6.45) is 0. The Morgan fingerprint density at radius 1 is 0.833 bits per heavy atom. The fourth-order valence-electron chi connectivity index (χ4n) is 3.10. The van der Waals surface area contributed by atoms with E-state index < -0.39 is 5.60 Å². The Kier molecular flexibility index (Phi) is 4.98. The molecule has 0 saturated heterocycles. The number of phenolic OH excluding ortho intramolecular Hbond substituents is 1. The lowest BCUT2D eigenvalue weighted by Crippen LogP contribution is -2.26. The summed E-state index contributed by atoms with van der Waals surface area (Å²) in [7, 11) is 0. The van der Waals surface area contributed by atoms with Crippen LogP contribution in [-0.4, -0.2) is 5.11 Å². The molecule has 0 aromatic heterocycles. The molecule has 2 aromatic rings. The molecule has 0 spiro atoms. The van der Waals surface area contributed by atoms with E-state index >= 15 is 0 Å². The zero-order valence-electron chi connectivity index (χ0n) is 16.2. The van der Waals surface area contributed by atoms with Gasteiger partial charge in [-0.1, -0.05) is 26.0 Å². The van der Waals surface area contributed by atoms with Gasteiger partial charge in [0, 0.05) is 0 Å². The highest BCUT2D eigenvalue weighted by Gasteiger charge is 2.26.